The lowest BCUT2D eigenvalue weighted by Gasteiger charge is -2.30. The van der Waals surface area contributed by atoms with Crippen LogP contribution in [0.1, 0.15) is 78.1 Å². The minimum absolute atomic E-state index is 0.115. The van der Waals surface area contributed by atoms with E-state index in [1.165, 1.54) is 14.2 Å². The van der Waals surface area contributed by atoms with E-state index in [1.807, 2.05) is 57.1 Å². The molecular weight excluding hydrogens is 755 g/mol. The zero-order chi connectivity index (χ0) is 40.0. The molecule has 0 radical (unpaired) electrons. The number of nitrogens with one attached hydrogen (secondary N) is 3. The molecule has 0 saturated carbocycles. The van der Waals surface area contributed by atoms with Crippen molar-refractivity contribution in [2.75, 3.05) is 27.3 Å². The van der Waals surface area contributed by atoms with Crippen LogP contribution in [-0.2, 0) is 19.1 Å². The Morgan fingerprint density at radius 1 is 0.821 bits per heavy atom. The summed E-state index contributed by atoms with van der Waals surface area (Å²) in [6.45, 7) is 13.0. The Morgan fingerprint density at radius 3 is 1.96 bits per heavy atom. The number of aromatic amines is 1. The van der Waals surface area contributed by atoms with Crippen LogP contribution in [0.25, 0.3) is 36.1 Å². The number of ether oxygens (including phenoxy) is 2. The molecule has 0 bridgehead atoms. The molecule has 7 heterocycles. The number of imidazole rings is 1. The third-order valence-corrected chi connectivity index (χ3v) is 13.1. The van der Waals surface area contributed by atoms with E-state index in [2.05, 4.69) is 41.6 Å². The van der Waals surface area contributed by atoms with E-state index in [1.54, 1.807) is 32.1 Å². The van der Waals surface area contributed by atoms with Crippen molar-refractivity contribution in [3.05, 3.63) is 48.3 Å². The maximum Gasteiger partial charge on any atom is 0.407 e. The second-order valence-electron chi connectivity index (χ2n) is 15.7. The van der Waals surface area contributed by atoms with Gasteiger partial charge < -0.3 is 34.9 Å². The molecule has 15 nitrogen and oxygen atoms in total. The Kier molecular flexibility index (Phi) is 11.1. The summed E-state index contributed by atoms with van der Waals surface area (Å²) in [4.78, 5) is 70.4. The van der Waals surface area contributed by atoms with Gasteiger partial charge in [0, 0.05) is 39.1 Å². The number of alkyl carbamates (subject to hydrolysis) is 2. The average molecular weight is 804 g/mol. The molecule has 0 aliphatic carbocycles. The molecule has 6 atom stereocenters. The van der Waals surface area contributed by atoms with Crippen molar-refractivity contribution in [3.8, 4) is 21.0 Å². The normalized spacial score (nSPS) is 21.0. The molecule has 17 heteroatoms. The summed E-state index contributed by atoms with van der Waals surface area (Å²) in [5.41, 5.74) is 2.58. The van der Waals surface area contributed by atoms with Crippen LogP contribution in [-0.4, -0.2) is 97.8 Å². The zero-order valence-electron chi connectivity index (χ0n) is 32.9. The lowest BCUT2D eigenvalue weighted by molar-refractivity contribution is -0.136. The van der Waals surface area contributed by atoms with Gasteiger partial charge >= 0.3 is 12.2 Å². The van der Waals surface area contributed by atoms with Gasteiger partial charge in [-0.05, 0) is 60.8 Å². The van der Waals surface area contributed by atoms with Crippen LogP contribution in [0.2, 0.25) is 0 Å². The van der Waals surface area contributed by atoms with Crippen LogP contribution in [0.4, 0.5) is 9.59 Å². The predicted octanol–water partition coefficient (Wildman–Crippen LogP) is 6.64. The third kappa shape index (κ3) is 7.70. The molecule has 2 fully saturated rings. The van der Waals surface area contributed by atoms with Crippen molar-refractivity contribution >= 4 is 61.7 Å². The van der Waals surface area contributed by atoms with Crippen molar-refractivity contribution < 1.29 is 28.7 Å². The third-order valence-electron chi connectivity index (χ3n) is 10.7. The van der Waals surface area contributed by atoms with E-state index < -0.39 is 24.3 Å². The minimum Gasteiger partial charge on any atom is -0.453 e. The van der Waals surface area contributed by atoms with Gasteiger partial charge in [0.15, 0.2) is 11.5 Å². The highest BCUT2D eigenvalue weighted by atomic mass is 32.1. The Balaban J connectivity index is 1.08. The summed E-state index contributed by atoms with van der Waals surface area (Å²) in [6.07, 6.45) is 4.04. The van der Waals surface area contributed by atoms with E-state index in [0.29, 0.717) is 24.6 Å². The largest absolute Gasteiger partial charge is 0.453 e. The summed E-state index contributed by atoms with van der Waals surface area (Å²) in [5, 5.41) is 10.3. The van der Waals surface area contributed by atoms with Crippen molar-refractivity contribution in [2.24, 2.45) is 23.7 Å². The monoisotopic (exact) mass is 803 g/mol. The number of likely N-dealkylation sites (tertiary alicyclic amines) is 2. The van der Waals surface area contributed by atoms with Gasteiger partial charge in [-0.3, -0.25) is 9.59 Å². The van der Waals surface area contributed by atoms with E-state index in [4.69, 9.17) is 24.5 Å². The number of hydrogen-bond donors (Lipinski definition) is 3. The summed E-state index contributed by atoms with van der Waals surface area (Å²) in [6, 6.07) is 6.38. The van der Waals surface area contributed by atoms with Crippen LogP contribution in [0.3, 0.4) is 0 Å². The maximum absolute atomic E-state index is 13.7. The SMILES string of the molecule is COC(=O)N[C@H](C(=O)N1C[C@@H](C)C[C@H]1c1nc2ccc(-c3cc4sc(-c5cnc([C@@H]6C[C@H](C)CN6C(=O)[C@@H](NC(=O)OC)C(C)C)[nH]5)cc4s3)cn2n1)C(C)C. The van der Waals surface area contributed by atoms with E-state index in [-0.39, 0.29) is 47.6 Å². The second-order valence-corrected chi connectivity index (χ2v) is 17.9. The highest BCUT2D eigenvalue weighted by molar-refractivity contribution is 7.31. The first-order valence-electron chi connectivity index (χ1n) is 19.0. The fourth-order valence-corrected chi connectivity index (χ4v) is 10.1. The van der Waals surface area contributed by atoms with Crippen molar-refractivity contribution in [2.45, 2.75) is 78.6 Å². The number of amides is 4. The number of carbonyl (C=O) groups is 4. The molecule has 2 aliphatic rings. The number of methoxy groups -OCH3 is 2. The van der Waals surface area contributed by atoms with Crippen LogP contribution in [0.5, 0.6) is 0 Å². The molecule has 5 aromatic rings. The van der Waals surface area contributed by atoms with Gasteiger partial charge in [-0.15, -0.1) is 27.8 Å². The predicted molar refractivity (Wildman–Crippen MR) is 214 cm³/mol. The number of carbonyl (C=O) groups excluding carboxylic acids is 4. The van der Waals surface area contributed by atoms with Crippen molar-refractivity contribution in [1.82, 2.24) is 45.0 Å². The first-order chi connectivity index (χ1) is 26.7. The highest BCUT2D eigenvalue weighted by Crippen LogP contribution is 2.43. The second kappa shape index (κ2) is 15.8. The number of rotatable bonds is 10. The molecule has 0 aromatic carbocycles. The fraction of sp³-hybridized carbons (Fsp3) is 0.513. The lowest BCUT2D eigenvalue weighted by atomic mass is 10.0. The lowest BCUT2D eigenvalue weighted by Crippen LogP contribution is -2.51. The number of pyridine rings is 1. The number of hydrogen-bond acceptors (Lipinski definition) is 11. The van der Waals surface area contributed by atoms with Gasteiger partial charge in [0.1, 0.15) is 17.9 Å². The molecular formula is C39H49N9O6S2. The molecule has 56 heavy (non-hydrogen) atoms. The van der Waals surface area contributed by atoms with Crippen LogP contribution < -0.4 is 10.6 Å². The van der Waals surface area contributed by atoms with Gasteiger partial charge in [-0.2, -0.15) is 0 Å². The molecule has 2 saturated heterocycles. The molecule has 0 unspecified atom stereocenters. The van der Waals surface area contributed by atoms with Gasteiger partial charge in [-0.25, -0.2) is 24.1 Å². The number of nitrogens with zero attached hydrogens (tertiary/aromatic N) is 6. The first kappa shape index (κ1) is 39.2. The summed E-state index contributed by atoms with van der Waals surface area (Å²) >= 11 is 3.37. The quantitative estimate of drug-likeness (QED) is 0.140. The number of aromatic nitrogens is 5. The van der Waals surface area contributed by atoms with Gasteiger partial charge in [0.25, 0.3) is 0 Å². The van der Waals surface area contributed by atoms with Gasteiger partial charge in [-0.1, -0.05) is 41.5 Å². The molecule has 2 aliphatic heterocycles. The maximum atomic E-state index is 13.7. The summed E-state index contributed by atoms with van der Waals surface area (Å²) in [7, 11) is 2.58. The van der Waals surface area contributed by atoms with Gasteiger partial charge in [0.2, 0.25) is 11.8 Å². The highest BCUT2D eigenvalue weighted by Gasteiger charge is 2.42. The minimum atomic E-state index is -0.722. The summed E-state index contributed by atoms with van der Waals surface area (Å²) in [5.74, 6) is 1.28. The average Bonchev–Trinajstić information content (AvgIpc) is 4.01. The van der Waals surface area contributed by atoms with Crippen molar-refractivity contribution in [1.29, 1.82) is 0 Å². The van der Waals surface area contributed by atoms with E-state index in [0.717, 1.165) is 49.1 Å². The van der Waals surface area contributed by atoms with Gasteiger partial charge in [0.05, 0.1) is 43.1 Å². The van der Waals surface area contributed by atoms with E-state index in [9.17, 15) is 19.2 Å². The molecule has 4 amide bonds. The first-order valence-corrected chi connectivity index (χ1v) is 20.6. The topological polar surface area (TPSA) is 176 Å². The molecule has 7 rings (SSSR count). The molecule has 5 aromatic heterocycles. The summed E-state index contributed by atoms with van der Waals surface area (Å²) < 4.78 is 13.6. The number of fused-ring (bicyclic) bond motifs is 2. The standard InChI is InChI=1S/C39H49N9O6S2/c1-19(2)32(43-38(51)53-7)36(49)46-16-21(5)11-25(46)34-40-15-24(41-34)28-14-30-29(56-28)13-27(55-30)23-9-10-31-42-35(45-48(31)18-23)26-12-22(6)17-47(26)37(50)33(20(3)4)44-39(52)54-8/h9-10,13-15,18-22,25-26,32-33H,11-12,16-17H2,1-8H3,(H,40,41)(H,43,51)(H,44,52)/t21-,22-,25-,26-,32-,33-/m0/s1. The molecule has 3 N–H and O–H groups in total. The smallest absolute Gasteiger partial charge is 0.407 e. The fourth-order valence-electron chi connectivity index (χ4n) is 7.77. The Morgan fingerprint density at radius 2 is 1.38 bits per heavy atom. The zero-order valence-corrected chi connectivity index (χ0v) is 34.5. The molecule has 0 spiro atoms. The van der Waals surface area contributed by atoms with Crippen LogP contribution in [0.15, 0.2) is 36.7 Å². The Hall–Kier alpha value is -5.03. The number of H-pyrrole nitrogens is 1. The van der Waals surface area contributed by atoms with Crippen molar-refractivity contribution in [3.63, 3.8) is 0 Å². The Bertz CT molecular complexity index is 2230. The number of thiophene rings is 2. The van der Waals surface area contributed by atoms with E-state index >= 15 is 0 Å². The van der Waals surface area contributed by atoms with Crippen LogP contribution >= 0.6 is 22.7 Å². The Labute approximate surface area is 333 Å². The van der Waals surface area contributed by atoms with Crippen LogP contribution in [0, 0.1) is 23.7 Å². The molecule has 298 valence electrons.